The van der Waals surface area contributed by atoms with Crippen LogP contribution in [0, 0.1) is 0 Å². The molecule has 28 heavy (non-hydrogen) atoms. The number of carbonyl (C=O) groups is 1. The van der Waals surface area contributed by atoms with E-state index in [4.69, 9.17) is 4.74 Å². The van der Waals surface area contributed by atoms with Crippen LogP contribution in [0.4, 0.5) is 0 Å². The second-order valence-corrected chi connectivity index (χ2v) is 7.40. The van der Waals surface area contributed by atoms with Crippen molar-refractivity contribution in [2.24, 2.45) is 0 Å². The standard InChI is InChI=1S/C23H25N3O2/c1-16(17-5-3-2-4-6-17)14-25-23(27)22-13-19(18-8-11-28-12-9-18)20-15-24-10-7-21(20)26-22/h2-7,10,13,15-16,18H,8-9,11-12,14H2,1H3,(H,25,27). The van der Waals surface area contributed by atoms with E-state index >= 15 is 0 Å². The third-order valence-electron chi connectivity index (χ3n) is 5.47. The Hall–Kier alpha value is -2.79. The Morgan fingerprint density at radius 2 is 2.00 bits per heavy atom. The van der Waals surface area contributed by atoms with Gasteiger partial charge >= 0.3 is 0 Å². The lowest BCUT2D eigenvalue weighted by molar-refractivity contribution is 0.0855. The van der Waals surface area contributed by atoms with Gasteiger partial charge in [0.15, 0.2) is 0 Å². The zero-order valence-corrected chi connectivity index (χ0v) is 16.1. The van der Waals surface area contributed by atoms with E-state index in [0.29, 0.717) is 18.2 Å². The summed E-state index contributed by atoms with van der Waals surface area (Å²) >= 11 is 0. The Bertz CT molecular complexity index is 952. The average molecular weight is 375 g/mol. The summed E-state index contributed by atoms with van der Waals surface area (Å²) in [5, 5.41) is 4.08. The predicted octanol–water partition coefficient (Wildman–Crippen LogP) is 4.06. The second-order valence-electron chi connectivity index (χ2n) is 7.40. The highest BCUT2D eigenvalue weighted by Gasteiger charge is 2.21. The molecule has 3 aromatic rings. The smallest absolute Gasteiger partial charge is 0.269 e. The third kappa shape index (κ3) is 4.04. The first-order chi connectivity index (χ1) is 13.7. The summed E-state index contributed by atoms with van der Waals surface area (Å²) < 4.78 is 5.51. The normalized spacial score (nSPS) is 16.0. The monoisotopic (exact) mass is 375 g/mol. The molecule has 1 aromatic carbocycles. The van der Waals surface area contributed by atoms with Crippen molar-refractivity contribution < 1.29 is 9.53 Å². The first-order valence-corrected chi connectivity index (χ1v) is 9.88. The maximum atomic E-state index is 12.8. The van der Waals surface area contributed by atoms with Crippen molar-refractivity contribution in [3.05, 3.63) is 71.7 Å². The van der Waals surface area contributed by atoms with E-state index in [1.807, 2.05) is 36.5 Å². The summed E-state index contributed by atoms with van der Waals surface area (Å²) in [6.45, 7) is 4.20. The topological polar surface area (TPSA) is 64.1 Å². The van der Waals surface area contributed by atoms with Crippen LogP contribution in [0.5, 0.6) is 0 Å². The van der Waals surface area contributed by atoms with Crippen molar-refractivity contribution in [2.75, 3.05) is 19.8 Å². The van der Waals surface area contributed by atoms with Gasteiger partial charge in [-0.1, -0.05) is 37.3 Å². The molecule has 0 radical (unpaired) electrons. The largest absolute Gasteiger partial charge is 0.381 e. The zero-order chi connectivity index (χ0) is 19.3. The van der Waals surface area contributed by atoms with Gasteiger partial charge in [0.2, 0.25) is 0 Å². The predicted molar refractivity (Wildman–Crippen MR) is 110 cm³/mol. The lowest BCUT2D eigenvalue weighted by atomic mass is 9.89. The van der Waals surface area contributed by atoms with Crippen LogP contribution >= 0.6 is 0 Å². The molecular formula is C23H25N3O2. The van der Waals surface area contributed by atoms with Crippen LogP contribution in [-0.4, -0.2) is 35.6 Å². The summed E-state index contributed by atoms with van der Waals surface area (Å²) in [5.41, 5.74) is 3.66. The molecule has 0 saturated carbocycles. The highest BCUT2D eigenvalue weighted by molar-refractivity contribution is 5.96. The summed E-state index contributed by atoms with van der Waals surface area (Å²) in [4.78, 5) is 21.7. The molecule has 1 aliphatic rings. The number of aromatic nitrogens is 2. The number of fused-ring (bicyclic) bond motifs is 1. The fraction of sp³-hybridized carbons (Fsp3) is 0.348. The molecule has 1 fully saturated rings. The number of amides is 1. The number of nitrogens with one attached hydrogen (secondary N) is 1. The molecule has 5 heteroatoms. The fourth-order valence-corrected chi connectivity index (χ4v) is 3.79. The zero-order valence-electron chi connectivity index (χ0n) is 16.1. The Morgan fingerprint density at radius 3 is 2.79 bits per heavy atom. The number of rotatable bonds is 5. The summed E-state index contributed by atoms with van der Waals surface area (Å²) in [6.07, 6.45) is 5.49. The van der Waals surface area contributed by atoms with Crippen LogP contribution < -0.4 is 5.32 Å². The van der Waals surface area contributed by atoms with E-state index in [0.717, 1.165) is 42.5 Å². The van der Waals surface area contributed by atoms with Gasteiger partial charge in [0.1, 0.15) is 5.69 Å². The van der Waals surface area contributed by atoms with E-state index in [2.05, 4.69) is 34.3 Å². The summed E-state index contributed by atoms with van der Waals surface area (Å²) in [6, 6.07) is 14.0. The number of pyridine rings is 2. The first kappa shape index (κ1) is 18.6. The van der Waals surface area contributed by atoms with Gasteiger partial charge in [-0.25, -0.2) is 4.98 Å². The maximum absolute atomic E-state index is 12.8. The minimum Gasteiger partial charge on any atom is -0.381 e. The molecule has 1 amide bonds. The van der Waals surface area contributed by atoms with Gasteiger partial charge in [-0.3, -0.25) is 9.78 Å². The number of ether oxygens (including phenoxy) is 1. The molecule has 1 N–H and O–H groups in total. The molecule has 3 heterocycles. The first-order valence-electron chi connectivity index (χ1n) is 9.88. The van der Waals surface area contributed by atoms with Crippen LogP contribution in [-0.2, 0) is 4.74 Å². The number of carbonyl (C=O) groups excluding carboxylic acids is 1. The molecule has 0 spiro atoms. The molecule has 1 unspecified atom stereocenters. The lowest BCUT2D eigenvalue weighted by Gasteiger charge is -2.24. The molecule has 1 atom stereocenters. The van der Waals surface area contributed by atoms with E-state index in [1.54, 1.807) is 6.20 Å². The molecule has 4 rings (SSSR count). The summed E-state index contributed by atoms with van der Waals surface area (Å²) in [5.74, 6) is 0.484. The van der Waals surface area contributed by atoms with Crippen LogP contribution in [0.1, 0.15) is 53.2 Å². The minimum atomic E-state index is -0.130. The average Bonchev–Trinajstić information content (AvgIpc) is 2.77. The molecule has 5 nitrogen and oxygen atoms in total. The van der Waals surface area contributed by atoms with Gasteiger partial charge in [0.05, 0.1) is 5.52 Å². The maximum Gasteiger partial charge on any atom is 0.269 e. The van der Waals surface area contributed by atoms with Gasteiger partial charge in [0, 0.05) is 37.5 Å². The third-order valence-corrected chi connectivity index (χ3v) is 5.47. The number of hydrogen-bond donors (Lipinski definition) is 1. The van der Waals surface area contributed by atoms with Crippen molar-refractivity contribution in [1.29, 1.82) is 0 Å². The van der Waals surface area contributed by atoms with Crippen molar-refractivity contribution in [3.63, 3.8) is 0 Å². The van der Waals surface area contributed by atoms with Crippen molar-refractivity contribution in [2.45, 2.75) is 31.6 Å². The van der Waals surface area contributed by atoms with Gasteiger partial charge in [-0.2, -0.15) is 0 Å². The van der Waals surface area contributed by atoms with Crippen molar-refractivity contribution in [3.8, 4) is 0 Å². The van der Waals surface area contributed by atoms with Crippen molar-refractivity contribution >= 4 is 16.8 Å². The molecule has 0 aliphatic carbocycles. The molecule has 2 aromatic heterocycles. The molecule has 0 bridgehead atoms. The summed E-state index contributed by atoms with van der Waals surface area (Å²) in [7, 11) is 0. The molecular weight excluding hydrogens is 350 g/mol. The fourth-order valence-electron chi connectivity index (χ4n) is 3.79. The van der Waals surface area contributed by atoms with Crippen molar-refractivity contribution in [1.82, 2.24) is 15.3 Å². The highest BCUT2D eigenvalue weighted by atomic mass is 16.5. The Labute approximate surface area is 165 Å². The highest BCUT2D eigenvalue weighted by Crippen LogP contribution is 2.32. The number of hydrogen-bond acceptors (Lipinski definition) is 4. The molecule has 144 valence electrons. The van der Waals surface area contributed by atoms with Crippen LogP contribution in [0.2, 0.25) is 0 Å². The van der Waals surface area contributed by atoms with Gasteiger partial charge in [-0.15, -0.1) is 0 Å². The molecule has 1 aliphatic heterocycles. The SMILES string of the molecule is CC(CNC(=O)c1cc(C2CCOCC2)c2cnccc2n1)c1ccccc1. The second kappa shape index (κ2) is 8.48. The minimum absolute atomic E-state index is 0.130. The van der Waals surface area contributed by atoms with Crippen LogP contribution in [0.25, 0.3) is 10.9 Å². The van der Waals surface area contributed by atoms with E-state index in [9.17, 15) is 4.79 Å². The van der Waals surface area contributed by atoms with Crippen LogP contribution in [0.15, 0.2) is 54.9 Å². The lowest BCUT2D eigenvalue weighted by Crippen LogP contribution is -2.28. The number of nitrogens with zero attached hydrogens (tertiary/aromatic N) is 2. The Morgan fingerprint density at radius 1 is 1.21 bits per heavy atom. The van der Waals surface area contributed by atoms with Gasteiger partial charge in [0.25, 0.3) is 5.91 Å². The van der Waals surface area contributed by atoms with E-state index in [1.165, 1.54) is 5.56 Å². The Kier molecular flexibility index (Phi) is 5.63. The van der Waals surface area contributed by atoms with E-state index < -0.39 is 0 Å². The number of benzene rings is 1. The Balaban J connectivity index is 1.56. The van der Waals surface area contributed by atoms with Gasteiger partial charge in [-0.05, 0) is 47.9 Å². The van der Waals surface area contributed by atoms with Gasteiger partial charge < -0.3 is 10.1 Å². The van der Waals surface area contributed by atoms with Crippen LogP contribution in [0.3, 0.4) is 0 Å². The molecule has 1 saturated heterocycles. The van der Waals surface area contributed by atoms with E-state index in [-0.39, 0.29) is 11.8 Å². The quantitative estimate of drug-likeness (QED) is 0.730.